The van der Waals surface area contributed by atoms with Gasteiger partial charge in [-0.25, -0.2) is 0 Å². The molecule has 1 aromatic heterocycles. The average molecular weight is 458 g/mol. The van der Waals surface area contributed by atoms with Crippen LogP contribution in [0.4, 0.5) is 0 Å². The molecular weight excluding hydrogens is 426 g/mol. The van der Waals surface area contributed by atoms with Crippen molar-refractivity contribution in [2.75, 3.05) is 20.8 Å². The lowest BCUT2D eigenvalue weighted by Crippen LogP contribution is -2.49. The molecule has 0 aliphatic carbocycles. The molecule has 0 amide bonds. The summed E-state index contributed by atoms with van der Waals surface area (Å²) in [6.45, 7) is 7.36. The van der Waals surface area contributed by atoms with Crippen molar-refractivity contribution in [3.63, 3.8) is 0 Å². The molecule has 1 unspecified atom stereocenters. The predicted molar refractivity (Wildman–Crippen MR) is 133 cm³/mol. The van der Waals surface area contributed by atoms with E-state index in [1.54, 1.807) is 32.8 Å². The van der Waals surface area contributed by atoms with E-state index in [1.165, 1.54) is 11.1 Å². The molecule has 0 N–H and O–H groups in total. The Bertz CT molecular complexity index is 1190. The van der Waals surface area contributed by atoms with E-state index in [4.69, 9.17) is 9.47 Å². The van der Waals surface area contributed by atoms with Crippen molar-refractivity contribution in [3.8, 4) is 11.5 Å². The van der Waals surface area contributed by atoms with Gasteiger partial charge in [-0.3, -0.25) is 19.7 Å². The van der Waals surface area contributed by atoms with Crippen LogP contribution >= 0.6 is 0 Å². The molecule has 4 rings (SSSR count). The molecule has 1 aliphatic heterocycles. The summed E-state index contributed by atoms with van der Waals surface area (Å²) in [5.41, 5.74) is 4.02. The monoisotopic (exact) mass is 457 g/mol. The van der Waals surface area contributed by atoms with Crippen LogP contribution < -0.4 is 9.47 Å². The van der Waals surface area contributed by atoms with Crippen LogP contribution in [-0.2, 0) is 11.3 Å². The summed E-state index contributed by atoms with van der Waals surface area (Å²) in [6, 6.07) is 13.9. The van der Waals surface area contributed by atoms with Crippen LogP contribution in [0.2, 0.25) is 0 Å². The summed E-state index contributed by atoms with van der Waals surface area (Å²) in [4.78, 5) is 24.8. The van der Waals surface area contributed by atoms with Crippen molar-refractivity contribution in [1.82, 2.24) is 14.9 Å². The maximum Gasteiger partial charge on any atom is 0.167 e. The quantitative estimate of drug-likeness (QED) is 0.483. The third-order valence-corrected chi connectivity index (χ3v) is 6.26. The average Bonchev–Trinajstić information content (AvgIpc) is 2.84. The first-order valence-corrected chi connectivity index (χ1v) is 11.4. The number of hydrogen-bond acceptors (Lipinski definition) is 6. The largest absolute Gasteiger partial charge is 0.497 e. The van der Waals surface area contributed by atoms with Crippen LogP contribution in [0.25, 0.3) is 6.08 Å². The number of hydrogen-bond donors (Lipinski definition) is 0. The summed E-state index contributed by atoms with van der Waals surface area (Å²) in [5.74, 6) is 1.51. The van der Waals surface area contributed by atoms with Crippen LogP contribution in [0.1, 0.15) is 42.3 Å². The zero-order valence-electron chi connectivity index (χ0n) is 20.4. The highest BCUT2D eigenvalue weighted by atomic mass is 16.5. The zero-order chi connectivity index (χ0) is 24.3. The summed E-state index contributed by atoms with van der Waals surface area (Å²) in [6.07, 6.45) is 6.80. The van der Waals surface area contributed by atoms with Crippen LogP contribution in [-0.4, -0.2) is 41.4 Å². The molecule has 6 heteroatoms. The number of rotatable bonds is 6. The molecule has 1 aliphatic rings. The van der Waals surface area contributed by atoms with Gasteiger partial charge in [-0.15, -0.1) is 0 Å². The molecule has 1 atom stereocenters. The molecule has 0 spiro atoms. The Hall–Kier alpha value is -3.51. The highest BCUT2D eigenvalue weighted by Crippen LogP contribution is 2.45. The maximum atomic E-state index is 13.8. The number of ketones is 1. The third-order valence-electron chi connectivity index (χ3n) is 6.26. The number of piperidine rings is 1. The smallest absolute Gasteiger partial charge is 0.167 e. The van der Waals surface area contributed by atoms with Crippen molar-refractivity contribution in [2.45, 2.75) is 33.4 Å². The molecule has 0 radical (unpaired) electrons. The molecular formula is C28H31N3O3. The molecule has 0 bridgehead atoms. The van der Waals surface area contributed by atoms with Crippen molar-refractivity contribution < 1.29 is 14.3 Å². The van der Waals surface area contributed by atoms with E-state index < -0.39 is 5.41 Å². The number of carbonyl (C=O) groups excluding carboxylic acids is 1. The summed E-state index contributed by atoms with van der Waals surface area (Å²) in [5, 5.41) is 0. The number of methoxy groups -OCH3 is 2. The second-order valence-corrected chi connectivity index (χ2v) is 9.34. The van der Waals surface area contributed by atoms with Crippen LogP contribution in [0.15, 0.2) is 66.6 Å². The second-order valence-electron chi connectivity index (χ2n) is 9.34. The summed E-state index contributed by atoms with van der Waals surface area (Å²) >= 11 is 0. The topological polar surface area (TPSA) is 64.5 Å². The first kappa shape index (κ1) is 23.6. The molecule has 6 nitrogen and oxygen atoms in total. The fourth-order valence-electron chi connectivity index (χ4n) is 4.56. The van der Waals surface area contributed by atoms with Gasteiger partial charge in [0.15, 0.2) is 5.78 Å². The fraction of sp³-hybridized carbons (Fsp3) is 0.321. The zero-order valence-corrected chi connectivity index (χ0v) is 20.4. The minimum absolute atomic E-state index is 0.0909. The van der Waals surface area contributed by atoms with Crippen LogP contribution in [0, 0.1) is 12.3 Å². The van der Waals surface area contributed by atoms with E-state index in [2.05, 4.69) is 46.1 Å². The van der Waals surface area contributed by atoms with Gasteiger partial charge in [-0.1, -0.05) is 43.7 Å². The van der Waals surface area contributed by atoms with E-state index in [-0.39, 0.29) is 11.8 Å². The minimum Gasteiger partial charge on any atom is -0.497 e. The Balaban J connectivity index is 1.90. The molecule has 1 fully saturated rings. The lowest BCUT2D eigenvalue weighted by atomic mass is 9.74. The first-order valence-electron chi connectivity index (χ1n) is 11.4. The Kier molecular flexibility index (Phi) is 6.80. The standard InChI is InChI=1S/C28H31N3O3/c1-19-6-8-20(9-7-19)17-31-18-28(2,3)27(32)24(14-21-16-29-12-13-30-21)26(31)23-15-22(33-4)10-11-25(23)34-5/h6-16,26H,17-18H2,1-5H3. The summed E-state index contributed by atoms with van der Waals surface area (Å²) in [7, 11) is 3.29. The Labute approximate surface area is 201 Å². The van der Waals surface area contributed by atoms with Crippen molar-refractivity contribution in [2.24, 2.45) is 5.41 Å². The molecule has 1 saturated heterocycles. The number of nitrogens with zero attached hydrogens (tertiary/aromatic N) is 3. The van der Waals surface area contributed by atoms with Crippen molar-refractivity contribution in [3.05, 3.63) is 89.0 Å². The SMILES string of the molecule is COc1ccc(OC)c(C2C(=Cc3cnccn3)C(=O)C(C)(C)CN2Cc2ccc(C)cc2)c1. The van der Waals surface area contributed by atoms with E-state index in [0.717, 1.165) is 5.56 Å². The van der Waals surface area contributed by atoms with Gasteiger partial charge in [0.2, 0.25) is 0 Å². The Morgan fingerprint density at radius 1 is 1.09 bits per heavy atom. The van der Waals surface area contributed by atoms with Gasteiger partial charge < -0.3 is 9.47 Å². The highest BCUT2D eigenvalue weighted by molar-refractivity contribution is 6.05. The summed E-state index contributed by atoms with van der Waals surface area (Å²) < 4.78 is 11.3. The van der Waals surface area contributed by atoms with E-state index in [1.807, 2.05) is 38.1 Å². The predicted octanol–water partition coefficient (Wildman–Crippen LogP) is 5.04. The fourth-order valence-corrected chi connectivity index (χ4v) is 4.56. The van der Waals surface area contributed by atoms with Gasteiger partial charge in [-0.2, -0.15) is 0 Å². The molecule has 2 aromatic carbocycles. The molecule has 176 valence electrons. The van der Waals surface area contributed by atoms with Gasteiger partial charge >= 0.3 is 0 Å². The van der Waals surface area contributed by atoms with E-state index >= 15 is 0 Å². The van der Waals surface area contributed by atoms with Gasteiger partial charge in [0, 0.05) is 42.0 Å². The third kappa shape index (κ3) is 4.87. The lowest BCUT2D eigenvalue weighted by Gasteiger charge is -2.44. The van der Waals surface area contributed by atoms with Crippen molar-refractivity contribution >= 4 is 11.9 Å². The first-order chi connectivity index (χ1) is 16.3. The number of Topliss-reactive ketones (excluding diaryl/α,β-unsaturated/α-hetero) is 1. The molecule has 34 heavy (non-hydrogen) atoms. The van der Waals surface area contributed by atoms with Crippen molar-refractivity contribution in [1.29, 1.82) is 0 Å². The van der Waals surface area contributed by atoms with E-state index in [9.17, 15) is 4.79 Å². The lowest BCUT2D eigenvalue weighted by molar-refractivity contribution is -0.128. The van der Waals surface area contributed by atoms with Crippen LogP contribution in [0.5, 0.6) is 11.5 Å². The van der Waals surface area contributed by atoms with Crippen LogP contribution in [0.3, 0.4) is 0 Å². The van der Waals surface area contributed by atoms with Gasteiger partial charge in [-0.05, 0) is 36.8 Å². The maximum absolute atomic E-state index is 13.8. The Morgan fingerprint density at radius 3 is 2.50 bits per heavy atom. The minimum atomic E-state index is -0.568. The van der Waals surface area contributed by atoms with Gasteiger partial charge in [0.05, 0.1) is 32.2 Å². The number of benzene rings is 2. The Morgan fingerprint density at radius 2 is 1.85 bits per heavy atom. The number of likely N-dealkylation sites (tertiary alicyclic amines) is 1. The number of aromatic nitrogens is 2. The normalized spacial score (nSPS) is 19.3. The number of carbonyl (C=O) groups is 1. The highest BCUT2D eigenvalue weighted by Gasteiger charge is 2.45. The van der Waals surface area contributed by atoms with Gasteiger partial charge in [0.1, 0.15) is 11.5 Å². The molecule has 0 saturated carbocycles. The van der Waals surface area contributed by atoms with E-state index in [0.29, 0.717) is 35.9 Å². The van der Waals surface area contributed by atoms with Gasteiger partial charge in [0.25, 0.3) is 0 Å². The second kappa shape index (κ2) is 9.77. The molecule has 2 heterocycles. The number of aryl methyl sites for hydroxylation is 1. The molecule has 3 aromatic rings. The number of ether oxygens (including phenoxy) is 2.